The van der Waals surface area contributed by atoms with Crippen molar-refractivity contribution in [1.29, 1.82) is 0 Å². The van der Waals surface area contributed by atoms with Crippen molar-refractivity contribution in [3.8, 4) is 11.8 Å². The summed E-state index contributed by atoms with van der Waals surface area (Å²) in [6.07, 6.45) is 3.24. The molecule has 0 bridgehead atoms. The van der Waals surface area contributed by atoms with E-state index in [0.717, 1.165) is 56.4 Å². The maximum Gasteiger partial charge on any atom is 0.0920 e. The molecule has 1 heterocycles. The average molecular weight is 478 g/mol. The van der Waals surface area contributed by atoms with E-state index in [1.54, 1.807) is 0 Å². The number of halogens is 2. The fraction of sp³-hybridized carbons (Fsp3) is 0.310. The number of rotatable bonds is 6. The Kier molecular flexibility index (Phi) is 8.12. The summed E-state index contributed by atoms with van der Waals surface area (Å²) in [6, 6.07) is 26.0. The van der Waals surface area contributed by atoms with Crippen LogP contribution >= 0.6 is 23.2 Å². The Balaban J connectivity index is 1.40. The first-order valence-corrected chi connectivity index (χ1v) is 12.3. The molecule has 0 radical (unpaired) electrons. The van der Waals surface area contributed by atoms with Crippen LogP contribution in [0.3, 0.4) is 0 Å². The van der Waals surface area contributed by atoms with Crippen LogP contribution in [0.5, 0.6) is 0 Å². The lowest BCUT2D eigenvalue weighted by Crippen LogP contribution is -2.43. The van der Waals surface area contributed by atoms with Crippen LogP contribution in [-0.2, 0) is 5.60 Å². The molecular formula is C29H29Cl2NO. The molecule has 0 aliphatic carbocycles. The first-order chi connectivity index (χ1) is 16.0. The lowest BCUT2D eigenvalue weighted by atomic mass is 9.84. The molecule has 0 saturated carbocycles. The highest BCUT2D eigenvalue weighted by Gasteiger charge is 2.33. The Morgan fingerprint density at radius 2 is 1.55 bits per heavy atom. The van der Waals surface area contributed by atoms with Gasteiger partial charge in [0.05, 0.1) is 15.6 Å². The number of aliphatic hydroxyl groups is 1. The Labute approximate surface area is 207 Å². The lowest BCUT2D eigenvalue weighted by Gasteiger charge is -2.39. The Morgan fingerprint density at radius 1 is 0.879 bits per heavy atom. The van der Waals surface area contributed by atoms with Crippen molar-refractivity contribution in [1.82, 2.24) is 4.90 Å². The molecule has 1 unspecified atom stereocenters. The summed E-state index contributed by atoms with van der Waals surface area (Å²) in [5, 5.41) is 12.3. The van der Waals surface area contributed by atoms with Crippen LogP contribution in [0, 0.1) is 11.8 Å². The summed E-state index contributed by atoms with van der Waals surface area (Å²) in [7, 11) is 0. The van der Waals surface area contributed by atoms with E-state index < -0.39 is 5.60 Å². The van der Waals surface area contributed by atoms with Gasteiger partial charge in [0.25, 0.3) is 0 Å². The van der Waals surface area contributed by atoms with Crippen molar-refractivity contribution in [3.63, 3.8) is 0 Å². The average Bonchev–Trinajstić information content (AvgIpc) is 2.85. The summed E-state index contributed by atoms with van der Waals surface area (Å²) in [5.74, 6) is 6.92. The third-order valence-electron chi connectivity index (χ3n) is 6.56. The molecule has 170 valence electrons. The zero-order valence-corrected chi connectivity index (χ0v) is 20.2. The van der Waals surface area contributed by atoms with Crippen LogP contribution < -0.4 is 0 Å². The van der Waals surface area contributed by atoms with Crippen LogP contribution in [0.15, 0.2) is 78.9 Å². The van der Waals surface area contributed by atoms with E-state index >= 15 is 0 Å². The molecule has 1 fully saturated rings. The second kappa shape index (κ2) is 11.2. The van der Waals surface area contributed by atoms with Gasteiger partial charge in [0, 0.05) is 25.1 Å². The molecule has 0 aromatic heterocycles. The van der Waals surface area contributed by atoms with Crippen molar-refractivity contribution in [2.24, 2.45) is 0 Å². The number of piperidine rings is 1. The van der Waals surface area contributed by atoms with E-state index in [1.165, 1.54) is 5.56 Å². The van der Waals surface area contributed by atoms with E-state index in [2.05, 4.69) is 22.8 Å². The van der Waals surface area contributed by atoms with Gasteiger partial charge in [-0.3, -0.25) is 0 Å². The predicted octanol–water partition coefficient (Wildman–Crippen LogP) is 6.89. The Hall–Kier alpha value is -2.28. The molecule has 1 aliphatic heterocycles. The minimum atomic E-state index is -0.720. The van der Waals surface area contributed by atoms with E-state index in [9.17, 15) is 5.11 Å². The molecule has 1 atom stereocenters. The number of nitrogens with zero attached hydrogens (tertiary/aromatic N) is 1. The van der Waals surface area contributed by atoms with E-state index in [1.807, 2.05) is 72.8 Å². The molecule has 4 rings (SSSR count). The fourth-order valence-corrected chi connectivity index (χ4v) is 4.78. The smallest absolute Gasteiger partial charge is 0.0920 e. The van der Waals surface area contributed by atoms with Crippen LogP contribution in [0.1, 0.15) is 48.3 Å². The SMILES string of the molecule is OC1(c2ccccc2)CCN(CCC(CC#Cc2ccccc2)c2ccc(Cl)c(Cl)c2)CC1. The molecule has 2 nitrogen and oxygen atoms in total. The number of hydrogen-bond acceptors (Lipinski definition) is 2. The topological polar surface area (TPSA) is 23.5 Å². The predicted molar refractivity (Wildman–Crippen MR) is 138 cm³/mol. The summed E-state index contributed by atoms with van der Waals surface area (Å²) in [5.41, 5.74) is 2.50. The van der Waals surface area contributed by atoms with Gasteiger partial charge in [-0.05, 0) is 67.1 Å². The van der Waals surface area contributed by atoms with E-state index in [4.69, 9.17) is 23.2 Å². The molecule has 0 spiro atoms. The van der Waals surface area contributed by atoms with Gasteiger partial charge in [-0.25, -0.2) is 0 Å². The highest BCUT2D eigenvalue weighted by atomic mass is 35.5. The first-order valence-electron chi connectivity index (χ1n) is 11.5. The van der Waals surface area contributed by atoms with Gasteiger partial charge >= 0.3 is 0 Å². The lowest BCUT2D eigenvalue weighted by molar-refractivity contribution is -0.0263. The Bertz CT molecular complexity index is 1100. The van der Waals surface area contributed by atoms with Crippen LogP contribution in [0.2, 0.25) is 10.0 Å². The Morgan fingerprint density at radius 3 is 2.21 bits per heavy atom. The van der Waals surface area contributed by atoms with Gasteiger partial charge in [0.1, 0.15) is 0 Å². The second-order valence-corrected chi connectivity index (χ2v) is 9.58. The van der Waals surface area contributed by atoms with Crippen molar-refractivity contribution in [3.05, 3.63) is 106 Å². The number of likely N-dealkylation sites (tertiary alicyclic amines) is 1. The second-order valence-electron chi connectivity index (χ2n) is 8.77. The largest absolute Gasteiger partial charge is 0.385 e. The van der Waals surface area contributed by atoms with Crippen molar-refractivity contribution in [2.45, 2.75) is 37.2 Å². The molecule has 4 heteroatoms. The van der Waals surface area contributed by atoms with Crippen molar-refractivity contribution < 1.29 is 5.11 Å². The summed E-state index contributed by atoms with van der Waals surface area (Å²) in [4.78, 5) is 2.45. The van der Waals surface area contributed by atoms with Gasteiger partial charge in [-0.1, -0.05) is 89.6 Å². The van der Waals surface area contributed by atoms with Gasteiger partial charge in [0.2, 0.25) is 0 Å². The fourth-order valence-electron chi connectivity index (χ4n) is 4.47. The third kappa shape index (κ3) is 6.40. The van der Waals surface area contributed by atoms with Crippen molar-refractivity contribution >= 4 is 23.2 Å². The molecule has 3 aromatic rings. The first kappa shape index (κ1) is 23.9. The molecule has 1 saturated heterocycles. The monoisotopic (exact) mass is 477 g/mol. The maximum absolute atomic E-state index is 11.1. The van der Waals surface area contributed by atoms with Gasteiger partial charge in [-0.2, -0.15) is 0 Å². The highest BCUT2D eigenvalue weighted by Crippen LogP contribution is 2.34. The normalized spacial score (nSPS) is 16.6. The standard InChI is InChI=1S/C29H29Cl2NO/c30-27-15-14-25(22-28(27)31)24(11-7-10-23-8-3-1-4-9-23)16-19-32-20-17-29(33,18-21-32)26-12-5-2-6-13-26/h1-6,8-9,12-15,22,24,33H,11,16-21H2. The summed E-state index contributed by atoms with van der Waals surface area (Å²) in [6.45, 7) is 2.73. The van der Waals surface area contributed by atoms with Crippen LogP contribution in [0.4, 0.5) is 0 Å². The quantitative estimate of drug-likeness (QED) is 0.390. The summed E-state index contributed by atoms with van der Waals surface area (Å²) >= 11 is 12.5. The number of benzene rings is 3. The minimum absolute atomic E-state index is 0.269. The summed E-state index contributed by atoms with van der Waals surface area (Å²) < 4.78 is 0. The maximum atomic E-state index is 11.1. The minimum Gasteiger partial charge on any atom is -0.385 e. The van der Waals surface area contributed by atoms with Crippen LogP contribution in [0.25, 0.3) is 0 Å². The van der Waals surface area contributed by atoms with Gasteiger partial charge in [0.15, 0.2) is 0 Å². The van der Waals surface area contributed by atoms with E-state index in [-0.39, 0.29) is 5.92 Å². The molecule has 1 aliphatic rings. The van der Waals surface area contributed by atoms with Gasteiger partial charge < -0.3 is 10.0 Å². The molecular weight excluding hydrogens is 449 g/mol. The third-order valence-corrected chi connectivity index (χ3v) is 7.30. The zero-order chi connectivity index (χ0) is 23.1. The van der Waals surface area contributed by atoms with Gasteiger partial charge in [-0.15, -0.1) is 0 Å². The van der Waals surface area contributed by atoms with Crippen molar-refractivity contribution in [2.75, 3.05) is 19.6 Å². The molecule has 1 N–H and O–H groups in total. The highest BCUT2D eigenvalue weighted by molar-refractivity contribution is 6.42. The van der Waals surface area contributed by atoms with Crippen LogP contribution in [-0.4, -0.2) is 29.6 Å². The molecule has 33 heavy (non-hydrogen) atoms. The van der Waals surface area contributed by atoms with E-state index in [0.29, 0.717) is 10.0 Å². The molecule has 3 aromatic carbocycles. The zero-order valence-electron chi connectivity index (χ0n) is 18.7. The molecule has 0 amide bonds. The number of hydrogen-bond donors (Lipinski definition) is 1.